The number of aromatic nitrogens is 1. The van der Waals surface area contributed by atoms with Gasteiger partial charge < -0.3 is 4.57 Å². The fraction of sp³-hybridized carbons (Fsp3) is 0.278. The second-order valence-corrected chi connectivity index (χ2v) is 5.89. The number of benzene rings is 1. The zero-order valence-electron chi connectivity index (χ0n) is 11.8. The molecule has 2 heterocycles. The number of hydrogen-bond donors (Lipinski definition) is 0. The van der Waals surface area contributed by atoms with Crippen LogP contribution in [0.3, 0.4) is 0 Å². The van der Waals surface area contributed by atoms with E-state index in [-0.39, 0.29) is 11.2 Å². The number of ketones is 1. The van der Waals surface area contributed by atoms with Gasteiger partial charge in [-0.3, -0.25) is 4.79 Å². The van der Waals surface area contributed by atoms with Gasteiger partial charge in [0.05, 0.1) is 5.69 Å². The Hall–Kier alpha value is -2.27. The maximum Gasteiger partial charge on any atom is 0.184 e. The van der Waals surface area contributed by atoms with Crippen LogP contribution in [0.15, 0.2) is 42.6 Å². The molecule has 2 heteroatoms. The highest BCUT2D eigenvalue weighted by atomic mass is 16.1. The minimum atomic E-state index is -0.252. The lowest BCUT2D eigenvalue weighted by Gasteiger charge is -2.29. The maximum atomic E-state index is 12.4. The quantitative estimate of drug-likeness (QED) is 0.667. The maximum absolute atomic E-state index is 12.4. The highest BCUT2D eigenvalue weighted by Gasteiger charge is 2.34. The van der Waals surface area contributed by atoms with Gasteiger partial charge in [0.2, 0.25) is 0 Å². The van der Waals surface area contributed by atoms with Gasteiger partial charge in [0.15, 0.2) is 5.78 Å². The van der Waals surface area contributed by atoms with Crippen LogP contribution in [0.25, 0.3) is 0 Å². The largest absolute Gasteiger partial charge is 0.344 e. The van der Waals surface area contributed by atoms with Crippen molar-refractivity contribution in [2.75, 3.05) is 0 Å². The molecule has 1 aromatic carbocycles. The molecule has 2 nitrogen and oxygen atoms in total. The number of carbonyl (C=O) groups is 1. The van der Waals surface area contributed by atoms with Crippen LogP contribution in [0.5, 0.6) is 0 Å². The molecule has 2 aromatic rings. The van der Waals surface area contributed by atoms with E-state index < -0.39 is 0 Å². The zero-order valence-corrected chi connectivity index (χ0v) is 11.8. The molecule has 0 saturated carbocycles. The highest BCUT2D eigenvalue weighted by molar-refractivity contribution is 5.99. The average molecular weight is 263 g/mol. The van der Waals surface area contributed by atoms with E-state index in [1.54, 1.807) is 0 Å². The number of fused-ring (bicyclic) bond motifs is 1. The first kappa shape index (κ1) is 12.7. The molecule has 100 valence electrons. The highest BCUT2D eigenvalue weighted by Crippen LogP contribution is 2.32. The summed E-state index contributed by atoms with van der Waals surface area (Å²) in [5, 5.41) is 0. The van der Waals surface area contributed by atoms with Crippen LogP contribution < -0.4 is 0 Å². The Kier molecular flexibility index (Phi) is 2.99. The molecule has 0 aliphatic carbocycles. The third-order valence-corrected chi connectivity index (χ3v) is 3.85. The van der Waals surface area contributed by atoms with Gasteiger partial charge in [-0.25, -0.2) is 0 Å². The predicted molar refractivity (Wildman–Crippen MR) is 79.6 cm³/mol. The molecule has 1 aromatic heterocycles. The molecular weight excluding hydrogens is 246 g/mol. The standard InChI is InChI=1S/C18H17NO/c1-18(2)10-11-19-13-15(12-16(19)17(18)20)9-8-14-6-4-3-5-7-14/h3-7,12-13H,10-11H2,1-2H3. The molecule has 0 radical (unpaired) electrons. The van der Waals surface area contributed by atoms with Crippen molar-refractivity contribution in [1.82, 2.24) is 4.57 Å². The number of hydrogen-bond acceptors (Lipinski definition) is 1. The number of aryl methyl sites for hydroxylation is 1. The molecular formula is C18H17NO. The summed E-state index contributed by atoms with van der Waals surface area (Å²) in [6.45, 7) is 4.92. The van der Waals surface area contributed by atoms with Crippen molar-refractivity contribution < 1.29 is 4.79 Å². The minimum Gasteiger partial charge on any atom is -0.344 e. The smallest absolute Gasteiger partial charge is 0.184 e. The van der Waals surface area contributed by atoms with Crippen LogP contribution in [-0.4, -0.2) is 10.4 Å². The SMILES string of the molecule is CC1(C)CCn2cc(C#Cc3ccccc3)cc2C1=O. The molecule has 0 bridgehead atoms. The normalized spacial score (nSPS) is 16.2. The molecule has 0 spiro atoms. The molecule has 0 atom stereocenters. The monoisotopic (exact) mass is 263 g/mol. The van der Waals surface area contributed by atoms with Crippen LogP contribution in [-0.2, 0) is 6.54 Å². The van der Waals surface area contributed by atoms with Crippen molar-refractivity contribution in [3.05, 3.63) is 59.4 Å². The fourth-order valence-corrected chi connectivity index (χ4v) is 2.48. The summed E-state index contributed by atoms with van der Waals surface area (Å²) in [7, 11) is 0. The summed E-state index contributed by atoms with van der Waals surface area (Å²) in [6.07, 6.45) is 2.87. The molecule has 1 aliphatic heterocycles. The third kappa shape index (κ3) is 2.28. The first-order valence-electron chi connectivity index (χ1n) is 6.88. The van der Waals surface area contributed by atoms with Crippen molar-refractivity contribution in [2.45, 2.75) is 26.8 Å². The second-order valence-electron chi connectivity index (χ2n) is 5.89. The lowest BCUT2D eigenvalue weighted by Crippen LogP contribution is -2.32. The summed E-state index contributed by atoms with van der Waals surface area (Å²) in [6, 6.07) is 11.8. The molecule has 20 heavy (non-hydrogen) atoms. The van der Waals surface area contributed by atoms with E-state index in [0.29, 0.717) is 0 Å². The summed E-state index contributed by atoms with van der Waals surface area (Å²) >= 11 is 0. The molecule has 0 saturated heterocycles. The van der Waals surface area contributed by atoms with E-state index in [9.17, 15) is 4.79 Å². The average Bonchev–Trinajstić information content (AvgIpc) is 2.86. The van der Waals surface area contributed by atoms with Crippen LogP contribution in [0, 0.1) is 17.3 Å². The Bertz CT molecular complexity index is 711. The van der Waals surface area contributed by atoms with E-state index >= 15 is 0 Å². The van der Waals surface area contributed by atoms with Crippen LogP contribution >= 0.6 is 0 Å². The topological polar surface area (TPSA) is 22.0 Å². The molecule has 3 rings (SSSR count). The molecule has 0 fully saturated rings. The Morgan fingerprint density at radius 2 is 1.80 bits per heavy atom. The van der Waals surface area contributed by atoms with E-state index in [1.807, 2.05) is 61.0 Å². The molecule has 0 amide bonds. The first-order valence-corrected chi connectivity index (χ1v) is 6.88. The van der Waals surface area contributed by atoms with Crippen molar-refractivity contribution in [3.8, 4) is 11.8 Å². The van der Waals surface area contributed by atoms with Gasteiger partial charge in [-0.2, -0.15) is 0 Å². The number of rotatable bonds is 0. The third-order valence-electron chi connectivity index (χ3n) is 3.85. The van der Waals surface area contributed by atoms with Crippen LogP contribution in [0.1, 0.15) is 41.9 Å². The van der Waals surface area contributed by atoms with Crippen molar-refractivity contribution in [3.63, 3.8) is 0 Å². The van der Waals surface area contributed by atoms with Gasteiger partial charge in [0.1, 0.15) is 0 Å². The number of nitrogens with zero attached hydrogens (tertiary/aromatic N) is 1. The van der Waals surface area contributed by atoms with E-state index in [2.05, 4.69) is 11.8 Å². The van der Waals surface area contributed by atoms with E-state index in [0.717, 1.165) is 29.8 Å². The first-order chi connectivity index (χ1) is 9.56. The summed E-state index contributed by atoms with van der Waals surface area (Å²) < 4.78 is 2.03. The van der Waals surface area contributed by atoms with E-state index in [4.69, 9.17) is 0 Å². The summed E-state index contributed by atoms with van der Waals surface area (Å²) in [4.78, 5) is 12.4. The lowest BCUT2D eigenvalue weighted by atomic mass is 9.81. The Balaban J connectivity index is 1.92. The van der Waals surface area contributed by atoms with Crippen molar-refractivity contribution in [1.29, 1.82) is 0 Å². The second kappa shape index (κ2) is 4.68. The Labute approximate surface area is 119 Å². The summed E-state index contributed by atoms with van der Waals surface area (Å²) in [5.74, 6) is 6.49. The van der Waals surface area contributed by atoms with Gasteiger partial charge in [-0.05, 0) is 24.6 Å². The van der Waals surface area contributed by atoms with Gasteiger partial charge in [-0.1, -0.05) is 43.9 Å². The molecule has 0 unspecified atom stereocenters. The predicted octanol–water partition coefficient (Wildman–Crippen LogP) is 3.50. The Morgan fingerprint density at radius 1 is 1.10 bits per heavy atom. The van der Waals surface area contributed by atoms with Gasteiger partial charge in [0, 0.05) is 29.3 Å². The minimum absolute atomic E-state index is 0.219. The van der Waals surface area contributed by atoms with Crippen molar-refractivity contribution in [2.24, 2.45) is 5.41 Å². The lowest BCUT2D eigenvalue weighted by molar-refractivity contribution is 0.0779. The number of Topliss-reactive ketones (excluding diaryl/α,β-unsaturated/α-hetero) is 1. The van der Waals surface area contributed by atoms with Gasteiger partial charge >= 0.3 is 0 Å². The molecule has 1 aliphatic rings. The molecule has 0 N–H and O–H groups in total. The fourth-order valence-electron chi connectivity index (χ4n) is 2.48. The zero-order chi connectivity index (χ0) is 14.2. The number of carbonyl (C=O) groups excluding carboxylic acids is 1. The van der Waals surface area contributed by atoms with Gasteiger partial charge in [0.25, 0.3) is 0 Å². The van der Waals surface area contributed by atoms with E-state index in [1.165, 1.54) is 0 Å². The Morgan fingerprint density at radius 3 is 2.55 bits per heavy atom. The summed E-state index contributed by atoms with van der Waals surface area (Å²) in [5.41, 5.74) is 2.44. The van der Waals surface area contributed by atoms with Gasteiger partial charge in [-0.15, -0.1) is 0 Å². The van der Waals surface area contributed by atoms with Crippen molar-refractivity contribution >= 4 is 5.78 Å². The van der Waals surface area contributed by atoms with Crippen LogP contribution in [0.4, 0.5) is 0 Å². The van der Waals surface area contributed by atoms with Crippen LogP contribution in [0.2, 0.25) is 0 Å².